The summed E-state index contributed by atoms with van der Waals surface area (Å²) in [7, 11) is 1.72. The number of allylic oxidation sites excluding steroid dienone is 1. The summed E-state index contributed by atoms with van der Waals surface area (Å²) in [6.07, 6.45) is 3.40. The van der Waals surface area contributed by atoms with E-state index in [9.17, 15) is 0 Å². The Labute approximate surface area is 111 Å². The quantitative estimate of drug-likeness (QED) is 0.767. The van der Waals surface area contributed by atoms with Crippen LogP contribution in [0.15, 0.2) is 29.8 Å². The zero-order valence-corrected chi connectivity index (χ0v) is 12.2. The molecule has 0 radical (unpaired) electrons. The smallest absolute Gasteiger partial charge is 0.122 e. The third kappa shape index (κ3) is 4.19. The van der Waals surface area contributed by atoms with Crippen molar-refractivity contribution in [3.8, 4) is 5.75 Å². The first-order valence-electron chi connectivity index (χ1n) is 6.61. The topological polar surface area (TPSA) is 21.3 Å². The Hall–Kier alpha value is -1.28. The minimum absolute atomic E-state index is 0.268. The minimum atomic E-state index is 0.268. The highest BCUT2D eigenvalue weighted by atomic mass is 16.5. The molecule has 1 aromatic carbocycles. The van der Waals surface area contributed by atoms with Crippen molar-refractivity contribution in [2.24, 2.45) is 0 Å². The maximum Gasteiger partial charge on any atom is 0.122 e. The van der Waals surface area contributed by atoms with E-state index in [4.69, 9.17) is 4.74 Å². The molecule has 0 bridgehead atoms. The zero-order valence-electron chi connectivity index (χ0n) is 12.2. The number of hydrogen-bond acceptors (Lipinski definition) is 2. The van der Waals surface area contributed by atoms with E-state index in [1.807, 2.05) is 0 Å². The molecular weight excluding hydrogens is 222 g/mol. The standard InChI is InChI=1S/C16H25NO/c1-6-9-17-15(10-12(2)3)14-8-7-13(4)16(11-14)18-5/h7-8,10-11,15,17H,6,9H2,1-5H3. The van der Waals surface area contributed by atoms with Gasteiger partial charge in [0.2, 0.25) is 0 Å². The monoisotopic (exact) mass is 247 g/mol. The molecule has 0 fully saturated rings. The van der Waals surface area contributed by atoms with Gasteiger partial charge in [-0.15, -0.1) is 0 Å². The van der Waals surface area contributed by atoms with Crippen molar-refractivity contribution in [3.63, 3.8) is 0 Å². The SMILES string of the molecule is CCCNC(C=C(C)C)c1ccc(C)c(OC)c1. The van der Waals surface area contributed by atoms with Crippen molar-refractivity contribution < 1.29 is 4.74 Å². The second-order valence-corrected chi connectivity index (χ2v) is 4.90. The van der Waals surface area contributed by atoms with Gasteiger partial charge in [-0.25, -0.2) is 0 Å². The zero-order chi connectivity index (χ0) is 13.5. The predicted molar refractivity (Wildman–Crippen MR) is 78.2 cm³/mol. The molecule has 1 atom stereocenters. The average molecular weight is 247 g/mol. The lowest BCUT2D eigenvalue weighted by molar-refractivity contribution is 0.410. The molecule has 1 rings (SSSR count). The summed E-state index contributed by atoms with van der Waals surface area (Å²) >= 11 is 0. The van der Waals surface area contributed by atoms with Crippen LogP contribution in [0.25, 0.3) is 0 Å². The summed E-state index contributed by atoms with van der Waals surface area (Å²) in [5.74, 6) is 0.956. The Morgan fingerprint density at radius 2 is 2.11 bits per heavy atom. The van der Waals surface area contributed by atoms with Crippen molar-refractivity contribution in [1.29, 1.82) is 0 Å². The molecule has 1 aromatic rings. The largest absolute Gasteiger partial charge is 0.496 e. The fourth-order valence-corrected chi connectivity index (χ4v) is 1.94. The Balaban J connectivity index is 3.00. The summed E-state index contributed by atoms with van der Waals surface area (Å²) in [6, 6.07) is 6.69. The highest BCUT2D eigenvalue weighted by Gasteiger charge is 2.09. The fraction of sp³-hybridized carbons (Fsp3) is 0.500. The lowest BCUT2D eigenvalue weighted by Crippen LogP contribution is -2.20. The molecule has 18 heavy (non-hydrogen) atoms. The van der Waals surface area contributed by atoms with Crippen LogP contribution in [0.1, 0.15) is 44.4 Å². The first kappa shape index (κ1) is 14.8. The molecule has 0 saturated heterocycles. The fourth-order valence-electron chi connectivity index (χ4n) is 1.94. The van der Waals surface area contributed by atoms with E-state index in [-0.39, 0.29) is 6.04 Å². The Morgan fingerprint density at radius 1 is 1.39 bits per heavy atom. The minimum Gasteiger partial charge on any atom is -0.496 e. The third-order valence-corrected chi connectivity index (χ3v) is 2.91. The number of hydrogen-bond donors (Lipinski definition) is 1. The maximum absolute atomic E-state index is 5.40. The molecule has 0 amide bonds. The van der Waals surface area contributed by atoms with Crippen molar-refractivity contribution in [2.75, 3.05) is 13.7 Å². The van der Waals surface area contributed by atoms with Gasteiger partial charge in [0.1, 0.15) is 5.75 Å². The van der Waals surface area contributed by atoms with Crippen molar-refractivity contribution >= 4 is 0 Å². The highest BCUT2D eigenvalue weighted by Crippen LogP contribution is 2.24. The van der Waals surface area contributed by atoms with Gasteiger partial charge >= 0.3 is 0 Å². The second-order valence-electron chi connectivity index (χ2n) is 4.90. The highest BCUT2D eigenvalue weighted by molar-refractivity contribution is 5.39. The number of methoxy groups -OCH3 is 1. The van der Waals surface area contributed by atoms with Gasteiger partial charge in [0.25, 0.3) is 0 Å². The van der Waals surface area contributed by atoms with E-state index in [1.54, 1.807) is 7.11 Å². The van der Waals surface area contributed by atoms with Gasteiger partial charge in [-0.2, -0.15) is 0 Å². The Bertz CT molecular complexity index is 406. The van der Waals surface area contributed by atoms with Crippen LogP contribution in [0.4, 0.5) is 0 Å². The molecular formula is C16H25NO. The molecule has 1 N–H and O–H groups in total. The molecule has 0 spiro atoms. The lowest BCUT2D eigenvalue weighted by atomic mass is 10.0. The summed E-state index contributed by atoms with van der Waals surface area (Å²) in [4.78, 5) is 0. The third-order valence-electron chi connectivity index (χ3n) is 2.91. The normalized spacial score (nSPS) is 12.1. The number of benzene rings is 1. The van der Waals surface area contributed by atoms with Gasteiger partial charge in [-0.05, 0) is 50.9 Å². The van der Waals surface area contributed by atoms with Crippen molar-refractivity contribution in [3.05, 3.63) is 41.0 Å². The van der Waals surface area contributed by atoms with Crippen LogP contribution in [0.5, 0.6) is 5.75 Å². The molecule has 1 unspecified atom stereocenters. The average Bonchev–Trinajstić information content (AvgIpc) is 2.34. The van der Waals surface area contributed by atoms with Crippen LogP contribution in [0.2, 0.25) is 0 Å². The number of aryl methyl sites for hydroxylation is 1. The molecule has 2 nitrogen and oxygen atoms in total. The predicted octanol–water partition coefficient (Wildman–Crippen LogP) is 4.01. The summed E-state index contributed by atoms with van der Waals surface area (Å²) < 4.78 is 5.40. The van der Waals surface area contributed by atoms with Gasteiger partial charge < -0.3 is 10.1 Å². The second kappa shape index (κ2) is 7.22. The first-order chi connectivity index (χ1) is 8.58. The van der Waals surface area contributed by atoms with Gasteiger partial charge in [-0.1, -0.05) is 30.7 Å². The van der Waals surface area contributed by atoms with E-state index in [2.05, 4.69) is 57.3 Å². The first-order valence-corrected chi connectivity index (χ1v) is 6.61. The van der Waals surface area contributed by atoms with Crippen LogP contribution >= 0.6 is 0 Å². The van der Waals surface area contributed by atoms with Crippen LogP contribution in [0.3, 0.4) is 0 Å². The summed E-state index contributed by atoms with van der Waals surface area (Å²) in [6.45, 7) is 9.53. The van der Waals surface area contributed by atoms with Crippen molar-refractivity contribution in [1.82, 2.24) is 5.32 Å². The molecule has 0 aliphatic carbocycles. The van der Waals surface area contributed by atoms with Gasteiger partial charge in [0.05, 0.1) is 13.2 Å². The van der Waals surface area contributed by atoms with E-state index < -0.39 is 0 Å². The molecule has 0 heterocycles. The lowest BCUT2D eigenvalue weighted by Gasteiger charge is -2.17. The summed E-state index contributed by atoms with van der Waals surface area (Å²) in [5, 5.41) is 3.56. The van der Waals surface area contributed by atoms with Crippen LogP contribution in [-0.4, -0.2) is 13.7 Å². The van der Waals surface area contributed by atoms with E-state index in [0.717, 1.165) is 18.7 Å². The number of nitrogens with one attached hydrogen (secondary N) is 1. The van der Waals surface area contributed by atoms with Gasteiger partial charge in [0, 0.05) is 0 Å². The molecule has 0 saturated carbocycles. The molecule has 0 aliphatic rings. The van der Waals surface area contributed by atoms with E-state index in [0.29, 0.717) is 0 Å². The molecule has 0 aliphatic heterocycles. The van der Waals surface area contributed by atoms with Crippen LogP contribution < -0.4 is 10.1 Å². The Kier molecular flexibility index (Phi) is 5.93. The summed E-state index contributed by atoms with van der Waals surface area (Å²) in [5.41, 5.74) is 3.75. The number of ether oxygens (including phenoxy) is 1. The molecule has 0 aromatic heterocycles. The van der Waals surface area contributed by atoms with Crippen molar-refractivity contribution in [2.45, 2.75) is 40.2 Å². The maximum atomic E-state index is 5.40. The Morgan fingerprint density at radius 3 is 2.67 bits per heavy atom. The number of rotatable bonds is 6. The van der Waals surface area contributed by atoms with Gasteiger partial charge in [0.15, 0.2) is 0 Å². The molecule has 2 heteroatoms. The molecule has 100 valence electrons. The van der Waals surface area contributed by atoms with E-state index in [1.165, 1.54) is 16.7 Å². The van der Waals surface area contributed by atoms with Crippen LogP contribution in [0, 0.1) is 6.92 Å². The van der Waals surface area contributed by atoms with E-state index >= 15 is 0 Å². The van der Waals surface area contributed by atoms with Gasteiger partial charge in [-0.3, -0.25) is 0 Å². The van der Waals surface area contributed by atoms with Crippen LogP contribution in [-0.2, 0) is 0 Å².